The van der Waals surface area contributed by atoms with E-state index < -0.39 is 0 Å². The van der Waals surface area contributed by atoms with Crippen LogP contribution in [0.3, 0.4) is 0 Å². The van der Waals surface area contributed by atoms with Gasteiger partial charge in [-0.25, -0.2) is 0 Å². The van der Waals surface area contributed by atoms with Gasteiger partial charge in [0.1, 0.15) is 0 Å². The van der Waals surface area contributed by atoms with Gasteiger partial charge in [-0.15, -0.1) is 0 Å². The highest BCUT2D eigenvalue weighted by molar-refractivity contribution is 6.11. The van der Waals surface area contributed by atoms with Gasteiger partial charge in [-0.05, 0) is 108 Å². The van der Waals surface area contributed by atoms with E-state index >= 15 is 0 Å². The normalized spacial score (nSPS) is 13.3. The molecule has 0 aromatic heterocycles. The molecule has 1 aliphatic carbocycles. The Morgan fingerprint density at radius 1 is 0.553 bits per heavy atom. The summed E-state index contributed by atoms with van der Waals surface area (Å²) in [4.78, 5) is 0. The maximum atomic E-state index is 2.48. The van der Waals surface area contributed by atoms with Crippen molar-refractivity contribution < 1.29 is 0 Å². The van der Waals surface area contributed by atoms with Gasteiger partial charge in [-0.3, -0.25) is 0 Å². The first-order valence-corrected chi connectivity index (χ1v) is 13.8. The first-order chi connectivity index (χ1) is 18.5. The van der Waals surface area contributed by atoms with Crippen molar-refractivity contribution >= 4 is 38.4 Å². The van der Waals surface area contributed by atoms with Crippen LogP contribution in [0.25, 0.3) is 60.6 Å². The predicted molar refractivity (Wildman–Crippen MR) is 166 cm³/mol. The van der Waals surface area contributed by atoms with Crippen LogP contribution in [0.15, 0.2) is 109 Å². The molecule has 0 bridgehead atoms. The molecule has 0 spiro atoms. The van der Waals surface area contributed by atoms with Crippen molar-refractivity contribution in [3.05, 3.63) is 126 Å². The van der Waals surface area contributed by atoms with E-state index in [0.717, 1.165) is 12.8 Å². The van der Waals surface area contributed by atoms with Gasteiger partial charge >= 0.3 is 0 Å². The largest absolute Gasteiger partial charge is 0.0836 e. The Morgan fingerprint density at radius 2 is 1.16 bits per heavy atom. The van der Waals surface area contributed by atoms with Gasteiger partial charge in [0.15, 0.2) is 0 Å². The van der Waals surface area contributed by atoms with Crippen LogP contribution in [0, 0.1) is 0 Å². The summed E-state index contributed by atoms with van der Waals surface area (Å²) in [6.07, 6.45) is 6.87. The summed E-state index contributed by atoms with van der Waals surface area (Å²) in [6, 6.07) is 38.6. The van der Waals surface area contributed by atoms with E-state index in [4.69, 9.17) is 0 Å². The van der Waals surface area contributed by atoms with Gasteiger partial charge in [0.05, 0.1) is 0 Å². The summed E-state index contributed by atoms with van der Waals surface area (Å²) in [7, 11) is 0. The second-order valence-corrected chi connectivity index (χ2v) is 11.7. The van der Waals surface area contributed by atoms with Gasteiger partial charge in [0.25, 0.3) is 0 Å². The average Bonchev–Trinajstić information content (AvgIpc) is 2.94. The molecule has 38 heavy (non-hydrogen) atoms. The average molecular weight is 489 g/mol. The van der Waals surface area contributed by atoms with Crippen LogP contribution in [-0.4, -0.2) is 0 Å². The molecule has 0 amide bonds. The molecule has 0 heterocycles. The summed E-state index contributed by atoms with van der Waals surface area (Å²) < 4.78 is 0. The van der Waals surface area contributed by atoms with Crippen molar-refractivity contribution in [2.45, 2.75) is 39.0 Å². The van der Waals surface area contributed by atoms with Crippen LogP contribution in [0.1, 0.15) is 43.9 Å². The third kappa shape index (κ3) is 3.75. The van der Waals surface area contributed by atoms with Crippen LogP contribution >= 0.6 is 0 Å². The molecule has 0 heteroatoms. The molecule has 184 valence electrons. The molecule has 6 aromatic carbocycles. The zero-order valence-electron chi connectivity index (χ0n) is 22.4. The quantitative estimate of drug-likeness (QED) is 0.227. The Bertz CT molecular complexity index is 1890. The number of fused-ring (bicyclic) bond motifs is 4. The highest BCUT2D eigenvalue weighted by atomic mass is 14.3. The van der Waals surface area contributed by atoms with Crippen molar-refractivity contribution in [2.75, 3.05) is 0 Å². The standard InChI is InChI=1S/C38H32/c1-38(2,3)31-20-21-34-35(24-31)37(30-19-17-26-11-5-7-13-28(26)23-30)33-15-9-8-14-32(33)36(34)29-18-16-25-10-4-6-12-27(25)22-29/h4-8,10-14,16-24H,9,15H2,1-3H3. The van der Waals surface area contributed by atoms with E-state index in [1.54, 1.807) is 0 Å². The monoisotopic (exact) mass is 488 g/mol. The SMILES string of the molecule is CC(C)(C)c1ccc2c(-c3ccc4ccccc4c3)c3c(c(-c4ccc5ccccc5c4)c2c1)CCC=C3. The lowest BCUT2D eigenvalue weighted by Crippen LogP contribution is -2.11. The minimum absolute atomic E-state index is 0.0771. The lowest BCUT2D eigenvalue weighted by atomic mass is 9.77. The molecular weight excluding hydrogens is 456 g/mol. The van der Waals surface area contributed by atoms with Crippen LogP contribution in [0.4, 0.5) is 0 Å². The van der Waals surface area contributed by atoms with Crippen LogP contribution in [-0.2, 0) is 11.8 Å². The van der Waals surface area contributed by atoms with Crippen LogP contribution in [0.2, 0.25) is 0 Å². The predicted octanol–water partition coefficient (Wildman–Crippen LogP) is 10.7. The Hall–Kier alpha value is -4.16. The fraction of sp³-hybridized carbons (Fsp3) is 0.158. The van der Waals surface area contributed by atoms with E-state index in [1.165, 1.54) is 71.3 Å². The van der Waals surface area contributed by atoms with Gasteiger partial charge in [0.2, 0.25) is 0 Å². The Labute approximate surface area is 225 Å². The topological polar surface area (TPSA) is 0 Å². The third-order valence-corrected chi connectivity index (χ3v) is 8.24. The lowest BCUT2D eigenvalue weighted by molar-refractivity contribution is 0.591. The molecule has 0 atom stereocenters. The summed E-state index contributed by atoms with van der Waals surface area (Å²) in [6.45, 7) is 6.94. The maximum absolute atomic E-state index is 2.48. The Kier molecular flexibility index (Phi) is 5.27. The van der Waals surface area contributed by atoms with E-state index in [1.807, 2.05) is 0 Å². The maximum Gasteiger partial charge on any atom is -0.00295 e. The molecule has 0 fully saturated rings. The molecule has 0 radical (unpaired) electrons. The first kappa shape index (κ1) is 23.0. The molecule has 0 unspecified atom stereocenters. The molecule has 7 rings (SSSR count). The van der Waals surface area contributed by atoms with Gasteiger partial charge in [0, 0.05) is 0 Å². The summed E-state index contributed by atoms with van der Waals surface area (Å²) in [5.41, 5.74) is 9.69. The summed E-state index contributed by atoms with van der Waals surface area (Å²) >= 11 is 0. The fourth-order valence-electron chi connectivity index (χ4n) is 6.23. The summed E-state index contributed by atoms with van der Waals surface area (Å²) in [5, 5.41) is 7.86. The molecule has 0 saturated carbocycles. The minimum atomic E-state index is 0.0771. The molecule has 0 aliphatic heterocycles. The number of hydrogen-bond acceptors (Lipinski definition) is 0. The van der Waals surface area contributed by atoms with Crippen molar-refractivity contribution in [1.82, 2.24) is 0 Å². The lowest BCUT2D eigenvalue weighted by Gasteiger charge is -2.26. The first-order valence-electron chi connectivity index (χ1n) is 13.8. The number of benzene rings is 6. The molecular formula is C38H32. The second-order valence-electron chi connectivity index (χ2n) is 11.7. The summed E-state index contributed by atoms with van der Waals surface area (Å²) in [5.74, 6) is 0. The zero-order valence-corrected chi connectivity index (χ0v) is 22.4. The molecule has 6 aromatic rings. The Morgan fingerprint density at radius 3 is 1.79 bits per heavy atom. The van der Waals surface area contributed by atoms with Crippen molar-refractivity contribution in [1.29, 1.82) is 0 Å². The van der Waals surface area contributed by atoms with Crippen LogP contribution in [0.5, 0.6) is 0 Å². The number of allylic oxidation sites excluding steroid dienone is 1. The van der Waals surface area contributed by atoms with E-state index in [2.05, 4.69) is 136 Å². The molecule has 0 N–H and O–H groups in total. The van der Waals surface area contributed by atoms with Crippen molar-refractivity contribution in [2.24, 2.45) is 0 Å². The van der Waals surface area contributed by atoms with E-state index in [0.29, 0.717) is 0 Å². The van der Waals surface area contributed by atoms with Gasteiger partial charge in [-0.2, -0.15) is 0 Å². The van der Waals surface area contributed by atoms with Crippen molar-refractivity contribution in [3.8, 4) is 22.3 Å². The molecule has 1 aliphatic rings. The Balaban J connectivity index is 1.61. The number of rotatable bonds is 2. The van der Waals surface area contributed by atoms with E-state index in [-0.39, 0.29) is 5.41 Å². The van der Waals surface area contributed by atoms with Crippen LogP contribution < -0.4 is 0 Å². The molecule has 0 nitrogen and oxygen atoms in total. The minimum Gasteiger partial charge on any atom is -0.0836 e. The highest BCUT2D eigenvalue weighted by Gasteiger charge is 2.24. The van der Waals surface area contributed by atoms with Gasteiger partial charge < -0.3 is 0 Å². The molecule has 0 saturated heterocycles. The second kappa shape index (κ2) is 8.71. The zero-order chi connectivity index (χ0) is 25.9. The smallest absolute Gasteiger partial charge is 0.00295 e. The van der Waals surface area contributed by atoms with Crippen molar-refractivity contribution in [3.63, 3.8) is 0 Å². The number of hydrogen-bond donors (Lipinski definition) is 0. The third-order valence-electron chi connectivity index (χ3n) is 8.24. The van der Waals surface area contributed by atoms with Gasteiger partial charge in [-0.1, -0.05) is 118 Å². The van der Waals surface area contributed by atoms with E-state index in [9.17, 15) is 0 Å². The highest BCUT2D eigenvalue weighted by Crippen LogP contribution is 2.46. The fourth-order valence-corrected chi connectivity index (χ4v) is 6.23.